The summed E-state index contributed by atoms with van der Waals surface area (Å²) in [7, 11) is 0. The predicted octanol–water partition coefficient (Wildman–Crippen LogP) is 0.603. The SMILES string of the molecule is OCC(O)/C=N\Nc1nc(N2CCCCC2)nc(N2CCCCC2)n1. The molecule has 1 atom stereocenters. The molecule has 0 bridgehead atoms. The van der Waals surface area contributed by atoms with Crippen molar-refractivity contribution in [3.63, 3.8) is 0 Å². The van der Waals surface area contributed by atoms with Crippen LogP contribution in [0.15, 0.2) is 5.10 Å². The van der Waals surface area contributed by atoms with Crippen molar-refractivity contribution in [3.8, 4) is 0 Å². The zero-order valence-corrected chi connectivity index (χ0v) is 14.5. The Hall–Kier alpha value is -2.00. The summed E-state index contributed by atoms with van der Waals surface area (Å²) >= 11 is 0. The lowest BCUT2D eigenvalue weighted by Gasteiger charge is -2.30. The van der Waals surface area contributed by atoms with Gasteiger partial charge in [0.2, 0.25) is 17.8 Å². The van der Waals surface area contributed by atoms with Gasteiger partial charge in [0.1, 0.15) is 6.10 Å². The minimum absolute atomic E-state index is 0.359. The first kappa shape index (κ1) is 17.8. The molecule has 2 aliphatic heterocycles. The Morgan fingerprint density at radius 3 is 1.92 bits per heavy atom. The number of aliphatic hydroxyl groups is 2. The lowest BCUT2D eigenvalue weighted by atomic mass is 10.1. The van der Waals surface area contributed by atoms with Crippen LogP contribution >= 0.6 is 0 Å². The number of aromatic nitrogens is 3. The molecule has 0 radical (unpaired) electrons. The van der Waals surface area contributed by atoms with Crippen LogP contribution < -0.4 is 15.2 Å². The van der Waals surface area contributed by atoms with Crippen molar-refractivity contribution in [1.82, 2.24) is 15.0 Å². The van der Waals surface area contributed by atoms with E-state index in [4.69, 9.17) is 5.11 Å². The van der Waals surface area contributed by atoms with E-state index in [-0.39, 0.29) is 6.61 Å². The Bertz CT molecular complexity index is 535. The highest BCUT2D eigenvalue weighted by Crippen LogP contribution is 2.22. The molecule has 2 aliphatic rings. The summed E-state index contributed by atoms with van der Waals surface area (Å²) in [5.74, 6) is 1.71. The van der Waals surface area contributed by atoms with Gasteiger partial charge in [0.15, 0.2) is 0 Å². The summed E-state index contributed by atoms with van der Waals surface area (Å²) in [6.45, 7) is 3.44. The van der Waals surface area contributed by atoms with Gasteiger partial charge < -0.3 is 20.0 Å². The van der Waals surface area contributed by atoms with Crippen LogP contribution in [0, 0.1) is 0 Å². The van der Waals surface area contributed by atoms with Gasteiger partial charge in [-0.2, -0.15) is 20.1 Å². The van der Waals surface area contributed by atoms with Crippen molar-refractivity contribution in [2.45, 2.75) is 44.6 Å². The molecule has 9 heteroatoms. The van der Waals surface area contributed by atoms with Crippen LogP contribution in [-0.2, 0) is 0 Å². The molecule has 1 unspecified atom stereocenters. The van der Waals surface area contributed by atoms with Crippen molar-refractivity contribution in [1.29, 1.82) is 0 Å². The van der Waals surface area contributed by atoms with E-state index in [1.807, 2.05) is 0 Å². The second-order valence-corrected chi connectivity index (χ2v) is 6.49. The lowest BCUT2D eigenvalue weighted by Crippen LogP contribution is -2.34. The Balaban J connectivity index is 1.80. The molecule has 25 heavy (non-hydrogen) atoms. The lowest BCUT2D eigenvalue weighted by molar-refractivity contribution is 0.148. The monoisotopic (exact) mass is 349 g/mol. The molecule has 3 N–H and O–H groups in total. The van der Waals surface area contributed by atoms with E-state index in [2.05, 4.69) is 35.3 Å². The van der Waals surface area contributed by atoms with Gasteiger partial charge in [-0.3, -0.25) is 0 Å². The first-order chi connectivity index (χ1) is 12.3. The molecular weight excluding hydrogens is 322 g/mol. The molecule has 138 valence electrons. The number of aliphatic hydroxyl groups excluding tert-OH is 2. The number of rotatable bonds is 6. The second kappa shape index (κ2) is 8.91. The van der Waals surface area contributed by atoms with E-state index >= 15 is 0 Å². The molecule has 0 amide bonds. The number of hydrogen-bond acceptors (Lipinski definition) is 9. The Labute approximate surface area is 147 Å². The van der Waals surface area contributed by atoms with E-state index in [9.17, 15) is 5.11 Å². The van der Waals surface area contributed by atoms with Crippen LogP contribution in [0.2, 0.25) is 0 Å². The van der Waals surface area contributed by atoms with Gasteiger partial charge in [-0.25, -0.2) is 5.43 Å². The molecular formula is C16H27N7O2. The van der Waals surface area contributed by atoms with Gasteiger partial charge in [0, 0.05) is 26.2 Å². The van der Waals surface area contributed by atoms with Crippen LogP contribution in [0.5, 0.6) is 0 Å². The van der Waals surface area contributed by atoms with Crippen LogP contribution in [0.25, 0.3) is 0 Å². The van der Waals surface area contributed by atoms with E-state index in [0.717, 1.165) is 51.9 Å². The highest BCUT2D eigenvalue weighted by Gasteiger charge is 2.20. The number of nitrogens with one attached hydrogen (secondary N) is 1. The highest BCUT2D eigenvalue weighted by atomic mass is 16.3. The number of hydrazone groups is 1. The third-order valence-corrected chi connectivity index (χ3v) is 4.49. The molecule has 1 aromatic rings. The van der Waals surface area contributed by atoms with Crippen LogP contribution in [-0.4, -0.2) is 70.3 Å². The zero-order chi connectivity index (χ0) is 17.5. The fraction of sp³-hybridized carbons (Fsp3) is 0.750. The normalized spacial score (nSPS) is 20.1. The van der Waals surface area contributed by atoms with E-state index < -0.39 is 6.10 Å². The van der Waals surface area contributed by atoms with E-state index in [0.29, 0.717) is 17.8 Å². The topological polar surface area (TPSA) is 110 Å². The third-order valence-electron chi connectivity index (χ3n) is 4.49. The molecule has 0 aliphatic carbocycles. The van der Waals surface area contributed by atoms with E-state index in [1.54, 1.807) is 0 Å². The van der Waals surface area contributed by atoms with Gasteiger partial charge in [-0.1, -0.05) is 0 Å². The van der Waals surface area contributed by atoms with Crippen molar-refractivity contribution in [2.24, 2.45) is 5.10 Å². The maximum atomic E-state index is 9.34. The summed E-state index contributed by atoms with van der Waals surface area (Å²) < 4.78 is 0. The Morgan fingerprint density at radius 2 is 1.44 bits per heavy atom. The molecule has 0 spiro atoms. The average Bonchev–Trinajstić information content (AvgIpc) is 2.69. The summed E-state index contributed by atoms with van der Waals surface area (Å²) in [5.41, 5.74) is 2.75. The average molecular weight is 349 g/mol. The molecule has 9 nitrogen and oxygen atoms in total. The number of anilines is 3. The minimum Gasteiger partial charge on any atom is -0.393 e. The van der Waals surface area contributed by atoms with Gasteiger partial charge in [-0.15, -0.1) is 0 Å². The van der Waals surface area contributed by atoms with Crippen molar-refractivity contribution in [3.05, 3.63) is 0 Å². The fourth-order valence-electron chi connectivity index (χ4n) is 3.10. The highest BCUT2D eigenvalue weighted by molar-refractivity contribution is 5.63. The van der Waals surface area contributed by atoms with Gasteiger partial charge >= 0.3 is 0 Å². The first-order valence-corrected chi connectivity index (χ1v) is 9.10. The number of piperidine rings is 2. The quantitative estimate of drug-likeness (QED) is 0.506. The maximum absolute atomic E-state index is 9.34. The third kappa shape index (κ3) is 4.99. The van der Waals surface area contributed by atoms with Crippen LogP contribution in [0.4, 0.5) is 17.8 Å². The summed E-state index contributed by atoms with van der Waals surface area (Å²) in [6, 6.07) is 0. The summed E-state index contributed by atoms with van der Waals surface area (Å²) in [6.07, 6.45) is 7.30. The standard InChI is InChI=1S/C16H27N7O2/c24-12-13(25)11-17-21-14-18-15(22-7-3-1-4-8-22)20-16(19-14)23-9-5-2-6-10-23/h11,13,24-25H,1-10,12H2,(H,18,19,20,21)/b17-11-. The molecule has 0 saturated carbocycles. The number of hydrogen-bond donors (Lipinski definition) is 3. The molecule has 0 aromatic carbocycles. The van der Waals surface area contributed by atoms with Crippen molar-refractivity contribution >= 4 is 24.1 Å². The van der Waals surface area contributed by atoms with E-state index in [1.165, 1.54) is 19.1 Å². The first-order valence-electron chi connectivity index (χ1n) is 9.10. The minimum atomic E-state index is -1.00. The predicted molar refractivity (Wildman–Crippen MR) is 97.2 cm³/mol. The maximum Gasteiger partial charge on any atom is 0.250 e. The second-order valence-electron chi connectivity index (χ2n) is 6.49. The zero-order valence-electron chi connectivity index (χ0n) is 14.5. The van der Waals surface area contributed by atoms with Crippen molar-refractivity contribution < 1.29 is 10.2 Å². The van der Waals surface area contributed by atoms with Crippen LogP contribution in [0.3, 0.4) is 0 Å². The van der Waals surface area contributed by atoms with Gasteiger partial charge in [0.25, 0.3) is 0 Å². The number of nitrogens with zero attached hydrogens (tertiary/aromatic N) is 6. The van der Waals surface area contributed by atoms with Crippen molar-refractivity contribution in [2.75, 3.05) is 48.0 Å². The smallest absolute Gasteiger partial charge is 0.250 e. The summed E-state index contributed by atoms with van der Waals surface area (Å²) in [5, 5.41) is 22.1. The fourth-order valence-corrected chi connectivity index (χ4v) is 3.10. The Morgan fingerprint density at radius 1 is 0.920 bits per heavy atom. The van der Waals surface area contributed by atoms with Crippen LogP contribution in [0.1, 0.15) is 38.5 Å². The Kier molecular flexibility index (Phi) is 6.35. The molecule has 2 fully saturated rings. The largest absolute Gasteiger partial charge is 0.393 e. The molecule has 3 heterocycles. The molecule has 2 saturated heterocycles. The molecule has 3 rings (SSSR count). The molecule has 1 aromatic heterocycles. The van der Waals surface area contributed by atoms with Gasteiger partial charge in [-0.05, 0) is 38.5 Å². The summed E-state index contributed by atoms with van der Waals surface area (Å²) in [4.78, 5) is 18.0. The van der Waals surface area contributed by atoms with Gasteiger partial charge in [0.05, 0.1) is 12.8 Å².